The number of methoxy groups -OCH3 is 1. The molecule has 34 heavy (non-hydrogen) atoms. The predicted octanol–water partition coefficient (Wildman–Crippen LogP) is 2.45. The fraction of sp³-hybridized carbons (Fsp3) is 0.304. The van der Waals surface area contributed by atoms with Crippen molar-refractivity contribution >= 4 is 40.7 Å². The molecule has 4 heterocycles. The zero-order chi connectivity index (χ0) is 23.5. The van der Waals surface area contributed by atoms with Crippen molar-refractivity contribution < 1.29 is 14.3 Å². The Balaban J connectivity index is 1.34. The highest BCUT2D eigenvalue weighted by atomic mass is 16.5. The number of pyridine rings is 1. The van der Waals surface area contributed by atoms with E-state index in [0.717, 1.165) is 37.6 Å². The first-order valence-electron chi connectivity index (χ1n) is 11.0. The van der Waals surface area contributed by atoms with Gasteiger partial charge in [-0.2, -0.15) is 4.98 Å². The second-order valence-electron chi connectivity index (χ2n) is 8.08. The maximum Gasteiger partial charge on any atom is 0.263 e. The molecule has 0 radical (unpaired) electrons. The molecule has 3 aromatic rings. The molecule has 0 unspecified atom stereocenters. The Hall–Kier alpha value is -4.12. The van der Waals surface area contributed by atoms with E-state index >= 15 is 0 Å². The zero-order valence-electron chi connectivity index (χ0n) is 19.0. The number of likely N-dealkylation sites (N-methyl/N-ethyl adjacent to an activating group) is 1. The topological polar surface area (TPSA) is 117 Å². The molecule has 2 aliphatic heterocycles. The molecule has 0 aliphatic carbocycles. The Kier molecular flexibility index (Phi) is 6.00. The third kappa shape index (κ3) is 4.79. The second-order valence-corrected chi connectivity index (χ2v) is 8.08. The Labute approximate surface area is 197 Å². The smallest absolute Gasteiger partial charge is 0.263 e. The minimum Gasteiger partial charge on any atom is -0.491 e. The van der Waals surface area contributed by atoms with Gasteiger partial charge >= 0.3 is 0 Å². The maximum absolute atomic E-state index is 11.6. The number of ether oxygens (including phenoxy) is 2. The SMILES string of the molecule is COc1cnc(Nc2cccc(N3CCN(C)CC3)c2)nc1Nc1ccc2c(n1)NC(=O)CO2. The van der Waals surface area contributed by atoms with Crippen molar-refractivity contribution in [1.29, 1.82) is 0 Å². The highest BCUT2D eigenvalue weighted by Gasteiger charge is 2.19. The molecule has 3 N–H and O–H groups in total. The van der Waals surface area contributed by atoms with Gasteiger partial charge in [-0.3, -0.25) is 4.79 Å². The third-order valence-electron chi connectivity index (χ3n) is 5.67. The van der Waals surface area contributed by atoms with E-state index in [1.165, 1.54) is 0 Å². The fourth-order valence-corrected chi connectivity index (χ4v) is 3.80. The number of carbonyl (C=O) groups is 1. The molecular weight excluding hydrogens is 436 g/mol. The molecule has 2 aromatic heterocycles. The summed E-state index contributed by atoms with van der Waals surface area (Å²) in [7, 11) is 3.69. The molecule has 2 aliphatic rings. The number of benzene rings is 1. The lowest BCUT2D eigenvalue weighted by Gasteiger charge is -2.34. The van der Waals surface area contributed by atoms with Crippen LogP contribution < -0.4 is 30.3 Å². The molecule has 1 amide bonds. The number of amides is 1. The molecule has 1 aromatic carbocycles. The first-order chi connectivity index (χ1) is 16.6. The van der Waals surface area contributed by atoms with Crippen LogP contribution in [0.15, 0.2) is 42.6 Å². The predicted molar refractivity (Wildman–Crippen MR) is 130 cm³/mol. The fourth-order valence-electron chi connectivity index (χ4n) is 3.80. The summed E-state index contributed by atoms with van der Waals surface area (Å²) in [6.45, 7) is 4.05. The molecule has 0 spiro atoms. The molecule has 176 valence electrons. The number of nitrogens with one attached hydrogen (secondary N) is 3. The van der Waals surface area contributed by atoms with Crippen molar-refractivity contribution in [2.24, 2.45) is 0 Å². The highest BCUT2D eigenvalue weighted by molar-refractivity contribution is 5.94. The van der Waals surface area contributed by atoms with E-state index in [4.69, 9.17) is 9.47 Å². The van der Waals surface area contributed by atoms with Crippen LogP contribution in [0.2, 0.25) is 0 Å². The van der Waals surface area contributed by atoms with Crippen molar-refractivity contribution in [3.05, 3.63) is 42.6 Å². The van der Waals surface area contributed by atoms with Crippen molar-refractivity contribution in [3.8, 4) is 11.5 Å². The van der Waals surface area contributed by atoms with Crippen LogP contribution in [0.5, 0.6) is 11.5 Å². The van der Waals surface area contributed by atoms with Gasteiger partial charge in [0.25, 0.3) is 5.91 Å². The number of piperazine rings is 1. The number of rotatable bonds is 6. The second kappa shape index (κ2) is 9.40. The van der Waals surface area contributed by atoms with Crippen LogP contribution in [0.4, 0.5) is 34.8 Å². The molecule has 0 saturated carbocycles. The van der Waals surface area contributed by atoms with E-state index in [9.17, 15) is 4.79 Å². The van der Waals surface area contributed by atoms with Crippen molar-refractivity contribution in [2.45, 2.75) is 0 Å². The highest BCUT2D eigenvalue weighted by Crippen LogP contribution is 2.31. The lowest BCUT2D eigenvalue weighted by molar-refractivity contribution is -0.118. The monoisotopic (exact) mass is 462 g/mol. The van der Waals surface area contributed by atoms with Gasteiger partial charge in [0.15, 0.2) is 29.7 Å². The molecule has 0 atom stereocenters. The number of fused-ring (bicyclic) bond motifs is 1. The Morgan fingerprint density at radius 3 is 2.76 bits per heavy atom. The Bertz CT molecular complexity index is 1200. The zero-order valence-corrected chi connectivity index (χ0v) is 19.0. The number of anilines is 6. The molecule has 11 nitrogen and oxygen atoms in total. The Morgan fingerprint density at radius 2 is 1.94 bits per heavy atom. The van der Waals surface area contributed by atoms with Crippen molar-refractivity contribution in [3.63, 3.8) is 0 Å². The van der Waals surface area contributed by atoms with E-state index < -0.39 is 0 Å². The van der Waals surface area contributed by atoms with Crippen molar-refractivity contribution in [2.75, 3.05) is 67.8 Å². The molecule has 5 rings (SSSR count). The largest absolute Gasteiger partial charge is 0.491 e. The van der Waals surface area contributed by atoms with Gasteiger partial charge in [-0.25, -0.2) is 9.97 Å². The summed E-state index contributed by atoms with van der Waals surface area (Å²) in [6.07, 6.45) is 1.59. The van der Waals surface area contributed by atoms with Gasteiger partial charge < -0.3 is 35.2 Å². The van der Waals surface area contributed by atoms with Crippen LogP contribution in [0, 0.1) is 0 Å². The van der Waals surface area contributed by atoms with Crippen LogP contribution in [-0.4, -0.2) is 72.7 Å². The van der Waals surface area contributed by atoms with Gasteiger partial charge in [-0.15, -0.1) is 0 Å². The van der Waals surface area contributed by atoms with Crippen LogP contribution in [0.1, 0.15) is 0 Å². The number of carbonyl (C=O) groups excluding carboxylic acids is 1. The van der Waals surface area contributed by atoms with Crippen molar-refractivity contribution in [1.82, 2.24) is 19.9 Å². The summed E-state index contributed by atoms with van der Waals surface area (Å²) < 4.78 is 10.8. The number of nitrogens with zero attached hydrogens (tertiary/aromatic N) is 5. The summed E-state index contributed by atoms with van der Waals surface area (Å²) in [6, 6.07) is 11.7. The standard InChI is InChI=1S/C23H26N8O3/c1-30-8-10-31(11-9-30)16-5-3-4-15(12-16)25-23-24-13-18(33-2)22(29-23)27-19-7-6-17-21(26-19)28-20(32)14-34-17/h3-7,12-13H,8-11,14H2,1-2H3,(H3,24,25,26,27,28,29,32). The molecule has 11 heteroatoms. The summed E-state index contributed by atoms with van der Waals surface area (Å²) in [5, 5.41) is 9.10. The molecule has 0 bridgehead atoms. The van der Waals surface area contributed by atoms with E-state index in [0.29, 0.717) is 34.9 Å². The Morgan fingerprint density at radius 1 is 1.09 bits per heavy atom. The third-order valence-corrected chi connectivity index (χ3v) is 5.67. The molecule has 1 fully saturated rings. The average Bonchev–Trinajstić information content (AvgIpc) is 2.85. The van der Waals surface area contributed by atoms with Crippen LogP contribution in [0.25, 0.3) is 0 Å². The summed E-state index contributed by atoms with van der Waals surface area (Å²) in [5.41, 5.74) is 2.05. The quantitative estimate of drug-likeness (QED) is 0.504. The lowest BCUT2D eigenvalue weighted by Crippen LogP contribution is -2.44. The summed E-state index contributed by atoms with van der Waals surface area (Å²) in [4.78, 5) is 29.7. The van der Waals surface area contributed by atoms with Crippen LogP contribution in [-0.2, 0) is 4.79 Å². The van der Waals surface area contributed by atoms with Gasteiger partial charge in [0.05, 0.1) is 13.3 Å². The van der Waals surface area contributed by atoms with E-state index in [1.807, 2.05) is 12.1 Å². The summed E-state index contributed by atoms with van der Waals surface area (Å²) >= 11 is 0. The summed E-state index contributed by atoms with van der Waals surface area (Å²) in [5.74, 6) is 2.40. The maximum atomic E-state index is 11.6. The minimum atomic E-state index is -0.248. The van der Waals surface area contributed by atoms with Gasteiger partial charge in [0, 0.05) is 37.6 Å². The minimum absolute atomic E-state index is 0.0216. The molecular formula is C23H26N8O3. The van der Waals surface area contributed by atoms with Gasteiger partial charge in [-0.1, -0.05) is 6.07 Å². The first-order valence-corrected chi connectivity index (χ1v) is 11.0. The number of hydrogen-bond donors (Lipinski definition) is 3. The van der Waals surface area contributed by atoms with E-state index in [1.54, 1.807) is 25.4 Å². The normalized spacial score (nSPS) is 15.7. The first kappa shape index (κ1) is 21.7. The number of aromatic nitrogens is 3. The van der Waals surface area contributed by atoms with Crippen LogP contribution >= 0.6 is 0 Å². The van der Waals surface area contributed by atoms with E-state index in [-0.39, 0.29) is 12.5 Å². The molecule has 1 saturated heterocycles. The average molecular weight is 463 g/mol. The lowest BCUT2D eigenvalue weighted by atomic mass is 10.2. The van der Waals surface area contributed by atoms with Gasteiger partial charge in [0.1, 0.15) is 5.82 Å². The van der Waals surface area contributed by atoms with Crippen LogP contribution in [0.3, 0.4) is 0 Å². The van der Waals surface area contributed by atoms with Gasteiger partial charge in [0.2, 0.25) is 5.95 Å². The number of hydrogen-bond acceptors (Lipinski definition) is 10. The van der Waals surface area contributed by atoms with E-state index in [2.05, 4.69) is 59.9 Å². The van der Waals surface area contributed by atoms with Gasteiger partial charge in [-0.05, 0) is 37.4 Å².